The van der Waals surface area contributed by atoms with E-state index in [2.05, 4.69) is 10.3 Å². The van der Waals surface area contributed by atoms with Gasteiger partial charge in [0.1, 0.15) is 5.69 Å². The van der Waals surface area contributed by atoms with Gasteiger partial charge in [0, 0.05) is 16.6 Å². The molecule has 1 N–H and O–H groups in total. The summed E-state index contributed by atoms with van der Waals surface area (Å²) in [5, 5.41) is 3.82. The zero-order valence-electron chi connectivity index (χ0n) is 13.0. The fraction of sp³-hybridized carbons (Fsp3) is 0.105. The van der Waals surface area contributed by atoms with E-state index in [0.29, 0.717) is 16.9 Å². The van der Waals surface area contributed by atoms with E-state index in [-0.39, 0.29) is 11.7 Å². The summed E-state index contributed by atoms with van der Waals surface area (Å²) in [6.45, 7) is 3.38. The summed E-state index contributed by atoms with van der Waals surface area (Å²) in [6, 6.07) is 16.5. The van der Waals surface area contributed by atoms with Gasteiger partial charge in [-0.1, -0.05) is 36.4 Å². The van der Waals surface area contributed by atoms with Gasteiger partial charge in [-0.15, -0.1) is 0 Å². The lowest BCUT2D eigenvalue weighted by molar-refractivity contribution is 0.100. The summed E-state index contributed by atoms with van der Waals surface area (Å²) in [7, 11) is 0. The molecule has 0 saturated heterocycles. The molecule has 0 aliphatic rings. The van der Waals surface area contributed by atoms with Crippen molar-refractivity contribution in [3.63, 3.8) is 0 Å². The third kappa shape index (κ3) is 3.11. The number of aryl methyl sites for hydroxylation is 1. The van der Waals surface area contributed by atoms with Crippen LogP contribution in [0.15, 0.2) is 54.6 Å². The molecule has 4 nitrogen and oxygen atoms in total. The van der Waals surface area contributed by atoms with E-state index in [1.165, 1.54) is 6.92 Å². The van der Waals surface area contributed by atoms with Gasteiger partial charge in [0.2, 0.25) is 0 Å². The number of pyridine rings is 1. The van der Waals surface area contributed by atoms with Crippen molar-refractivity contribution < 1.29 is 9.59 Å². The molecule has 4 heteroatoms. The maximum Gasteiger partial charge on any atom is 0.274 e. The third-order valence-corrected chi connectivity index (χ3v) is 3.72. The van der Waals surface area contributed by atoms with Gasteiger partial charge >= 0.3 is 0 Å². The fourth-order valence-corrected chi connectivity index (χ4v) is 2.35. The lowest BCUT2D eigenvalue weighted by atomic mass is 10.1. The number of rotatable bonds is 3. The molecule has 0 aliphatic heterocycles. The monoisotopic (exact) mass is 304 g/mol. The normalized spacial score (nSPS) is 10.5. The lowest BCUT2D eigenvalue weighted by Crippen LogP contribution is -2.14. The second-order valence-electron chi connectivity index (χ2n) is 5.43. The molecule has 0 radical (unpaired) electrons. The quantitative estimate of drug-likeness (QED) is 0.744. The van der Waals surface area contributed by atoms with Crippen LogP contribution in [0.1, 0.15) is 33.3 Å². The molecular weight excluding hydrogens is 288 g/mol. The van der Waals surface area contributed by atoms with Gasteiger partial charge in [0.05, 0.1) is 5.52 Å². The SMILES string of the molecule is CC(=O)c1ccc(C)c(NC(=O)c2ccc3ccccc3n2)c1. The molecule has 0 fully saturated rings. The first-order valence-electron chi connectivity index (χ1n) is 7.33. The number of amides is 1. The molecule has 3 rings (SSSR count). The van der Waals surface area contributed by atoms with E-state index < -0.39 is 0 Å². The minimum Gasteiger partial charge on any atom is -0.320 e. The summed E-state index contributed by atoms with van der Waals surface area (Å²) < 4.78 is 0. The Hall–Kier alpha value is -3.01. The Morgan fingerprint density at radius 3 is 2.57 bits per heavy atom. The number of nitrogens with one attached hydrogen (secondary N) is 1. The number of aromatic nitrogens is 1. The Morgan fingerprint density at radius 1 is 1.00 bits per heavy atom. The van der Waals surface area contributed by atoms with Crippen molar-refractivity contribution in [3.05, 3.63) is 71.4 Å². The predicted molar refractivity (Wildman–Crippen MR) is 90.9 cm³/mol. The minimum absolute atomic E-state index is 0.0377. The Labute approximate surface area is 134 Å². The first kappa shape index (κ1) is 14.9. The van der Waals surface area contributed by atoms with Crippen LogP contribution in [0.3, 0.4) is 0 Å². The Balaban J connectivity index is 1.91. The summed E-state index contributed by atoms with van der Waals surface area (Å²) in [6.07, 6.45) is 0. The van der Waals surface area contributed by atoms with Crippen LogP contribution in [0.2, 0.25) is 0 Å². The van der Waals surface area contributed by atoms with Crippen LogP contribution in [0.25, 0.3) is 10.9 Å². The van der Waals surface area contributed by atoms with Crippen LogP contribution < -0.4 is 5.32 Å². The van der Waals surface area contributed by atoms with Crippen molar-refractivity contribution in [3.8, 4) is 0 Å². The fourth-order valence-electron chi connectivity index (χ4n) is 2.35. The Bertz CT molecular complexity index is 916. The number of benzene rings is 2. The molecular formula is C19H16N2O2. The van der Waals surface area contributed by atoms with E-state index in [1.54, 1.807) is 18.2 Å². The molecule has 114 valence electrons. The van der Waals surface area contributed by atoms with Gasteiger partial charge in [-0.05, 0) is 37.6 Å². The summed E-state index contributed by atoms with van der Waals surface area (Å²) in [4.78, 5) is 28.3. The topological polar surface area (TPSA) is 59.1 Å². The average Bonchev–Trinajstić information content (AvgIpc) is 2.56. The minimum atomic E-state index is -0.292. The van der Waals surface area contributed by atoms with Crippen molar-refractivity contribution in [2.75, 3.05) is 5.32 Å². The highest BCUT2D eigenvalue weighted by Gasteiger charge is 2.11. The van der Waals surface area contributed by atoms with Crippen molar-refractivity contribution in [2.45, 2.75) is 13.8 Å². The highest BCUT2D eigenvalue weighted by atomic mass is 16.2. The third-order valence-electron chi connectivity index (χ3n) is 3.72. The van der Waals surface area contributed by atoms with Crippen LogP contribution in [-0.2, 0) is 0 Å². The summed E-state index contributed by atoms with van der Waals surface area (Å²) in [5.41, 5.74) is 3.20. The lowest BCUT2D eigenvalue weighted by Gasteiger charge is -2.10. The van der Waals surface area contributed by atoms with Crippen LogP contribution in [-0.4, -0.2) is 16.7 Å². The Morgan fingerprint density at radius 2 is 1.78 bits per heavy atom. The number of fused-ring (bicyclic) bond motifs is 1. The second kappa shape index (κ2) is 6.01. The largest absolute Gasteiger partial charge is 0.320 e. The van der Waals surface area contributed by atoms with E-state index in [9.17, 15) is 9.59 Å². The van der Waals surface area contributed by atoms with E-state index in [4.69, 9.17) is 0 Å². The molecule has 0 bridgehead atoms. The standard InChI is InChI=1S/C19H16N2O2/c1-12-7-8-15(13(2)22)11-18(12)21-19(23)17-10-9-14-5-3-4-6-16(14)20-17/h3-11H,1-2H3,(H,21,23). The van der Waals surface area contributed by atoms with E-state index >= 15 is 0 Å². The van der Waals surface area contributed by atoms with Gasteiger partial charge in [-0.25, -0.2) is 4.98 Å². The highest BCUT2D eigenvalue weighted by Crippen LogP contribution is 2.19. The van der Waals surface area contributed by atoms with Gasteiger partial charge in [0.25, 0.3) is 5.91 Å². The number of Topliss-reactive ketones (excluding diaryl/α,β-unsaturated/α-hetero) is 1. The Kier molecular flexibility index (Phi) is 3.89. The molecule has 1 amide bonds. The zero-order chi connectivity index (χ0) is 16.4. The van der Waals surface area contributed by atoms with Crippen molar-refractivity contribution in [2.24, 2.45) is 0 Å². The van der Waals surface area contributed by atoms with Gasteiger partial charge in [-0.2, -0.15) is 0 Å². The maximum absolute atomic E-state index is 12.4. The average molecular weight is 304 g/mol. The number of hydrogen-bond acceptors (Lipinski definition) is 3. The van der Waals surface area contributed by atoms with Crippen LogP contribution in [0.5, 0.6) is 0 Å². The number of anilines is 1. The van der Waals surface area contributed by atoms with E-state index in [0.717, 1.165) is 16.5 Å². The van der Waals surface area contributed by atoms with Crippen molar-refractivity contribution in [1.82, 2.24) is 4.98 Å². The molecule has 0 unspecified atom stereocenters. The number of carbonyl (C=O) groups is 2. The molecule has 1 aromatic heterocycles. The van der Waals surface area contributed by atoms with E-state index in [1.807, 2.05) is 43.3 Å². The van der Waals surface area contributed by atoms with Gasteiger partial charge < -0.3 is 5.32 Å². The number of carbonyl (C=O) groups excluding carboxylic acids is 2. The van der Waals surface area contributed by atoms with Crippen molar-refractivity contribution >= 4 is 28.3 Å². The van der Waals surface area contributed by atoms with Gasteiger partial charge in [-0.3, -0.25) is 9.59 Å². The number of nitrogens with zero attached hydrogens (tertiary/aromatic N) is 1. The molecule has 0 spiro atoms. The smallest absolute Gasteiger partial charge is 0.274 e. The highest BCUT2D eigenvalue weighted by molar-refractivity contribution is 6.05. The molecule has 3 aromatic rings. The number of ketones is 1. The number of para-hydroxylation sites is 1. The van der Waals surface area contributed by atoms with Crippen molar-refractivity contribution in [1.29, 1.82) is 0 Å². The number of hydrogen-bond donors (Lipinski definition) is 1. The van der Waals surface area contributed by atoms with Crippen LogP contribution in [0, 0.1) is 6.92 Å². The molecule has 0 saturated carbocycles. The maximum atomic E-state index is 12.4. The molecule has 0 aliphatic carbocycles. The van der Waals surface area contributed by atoms with Crippen LogP contribution in [0.4, 0.5) is 5.69 Å². The van der Waals surface area contributed by atoms with Crippen LogP contribution >= 0.6 is 0 Å². The first-order chi connectivity index (χ1) is 11.0. The molecule has 23 heavy (non-hydrogen) atoms. The second-order valence-corrected chi connectivity index (χ2v) is 5.43. The molecule has 1 heterocycles. The first-order valence-corrected chi connectivity index (χ1v) is 7.33. The molecule has 0 atom stereocenters. The summed E-state index contributed by atoms with van der Waals surface area (Å²) in [5.74, 6) is -0.330. The molecule has 2 aromatic carbocycles. The zero-order valence-corrected chi connectivity index (χ0v) is 13.0. The predicted octanol–water partition coefficient (Wildman–Crippen LogP) is 4.00. The summed E-state index contributed by atoms with van der Waals surface area (Å²) >= 11 is 0. The van der Waals surface area contributed by atoms with Gasteiger partial charge in [0.15, 0.2) is 5.78 Å².